The van der Waals surface area contributed by atoms with Gasteiger partial charge in [0.05, 0.1) is 0 Å². The lowest BCUT2D eigenvalue weighted by Crippen LogP contribution is -1.93. The van der Waals surface area contributed by atoms with Crippen LogP contribution in [0.5, 0.6) is 0 Å². The molecule has 0 amide bonds. The lowest BCUT2D eigenvalue weighted by atomic mass is 9.87. The van der Waals surface area contributed by atoms with Crippen molar-refractivity contribution in [2.24, 2.45) is 0 Å². The monoisotopic (exact) mass is 622 g/mol. The SMILES string of the molecule is CCc1cc(CC)cc(-c2c3oc4c5ccccc5ccc4c3c(-c3cc(CC)cc(CC)c3)c3oc4c5ccccc5ccc4c23)c1. The van der Waals surface area contributed by atoms with Crippen LogP contribution < -0.4 is 0 Å². The fourth-order valence-corrected chi connectivity index (χ4v) is 7.91. The van der Waals surface area contributed by atoms with Gasteiger partial charge in [0.1, 0.15) is 22.3 Å². The van der Waals surface area contributed by atoms with E-state index in [0.29, 0.717) is 0 Å². The van der Waals surface area contributed by atoms with Gasteiger partial charge in [0.25, 0.3) is 0 Å². The topological polar surface area (TPSA) is 26.3 Å². The van der Waals surface area contributed by atoms with Gasteiger partial charge < -0.3 is 8.83 Å². The van der Waals surface area contributed by atoms with E-state index in [4.69, 9.17) is 8.83 Å². The molecule has 0 saturated heterocycles. The summed E-state index contributed by atoms with van der Waals surface area (Å²) >= 11 is 0. The number of benzene rings is 7. The highest BCUT2D eigenvalue weighted by atomic mass is 16.3. The van der Waals surface area contributed by atoms with Gasteiger partial charge in [-0.3, -0.25) is 0 Å². The van der Waals surface area contributed by atoms with Crippen LogP contribution in [0.15, 0.2) is 118 Å². The number of furan rings is 2. The van der Waals surface area contributed by atoms with Gasteiger partial charge in [-0.2, -0.15) is 0 Å². The normalized spacial score (nSPS) is 12.1. The second-order valence-corrected chi connectivity index (χ2v) is 13.2. The smallest absolute Gasteiger partial charge is 0.144 e. The molecule has 2 nitrogen and oxygen atoms in total. The van der Waals surface area contributed by atoms with E-state index in [1.54, 1.807) is 0 Å². The van der Waals surface area contributed by atoms with E-state index in [9.17, 15) is 0 Å². The van der Waals surface area contributed by atoms with E-state index in [2.05, 4.69) is 137 Å². The largest absolute Gasteiger partial charge is 0.455 e. The summed E-state index contributed by atoms with van der Waals surface area (Å²) < 4.78 is 14.5. The third-order valence-corrected chi connectivity index (χ3v) is 10.4. The zero-order valence-corrected chi connectivity index (χ0v) is 28.0. The summed E-state index contributed by atoms with van der Waals surface area (Å²) in [5.74, 6) is 0. The average molecular weight is 623 g/mol. The zero-order chi connectivity index (χ0) is 32.5. The molecule has 234 valence electrons. The van der Waals surface area contributed by atoms with Crippen LogP contribution in [-0.2, 0) is 25.7 Å². The Hall–Kier alpha value is -5.34. The van der Waals surface area contributed by atoms with Crippen LogP contribution in [0.3, 0.4) is 0 Å². The van der Waals surface area contributed by atoms with Crippen LogP contribution in [-0.4, -0.2) is 0 Å². The zero-order valence-electron chi connectivity index (χ0n) is 28.0. The van der Waals surface area contributed by atoms with Gasteiger partial charge in [-0.25, -0.2) is 0 Å². The second kappa shape index (κ2) is 11.1. The fourth-order valence-electron chi connectivity index (χ4n) is 7.91. The Morgan fingerprint density at radius 3 is 1.12 bits per heavy atom. The first-order valence-corrected chi connectivity index (χ1v) is 17.5. The van der Waals surface area contributed by atoms with Crippen molar-refractivity contribution in [3.8, 4) is 22.3 Å². The van der Waals surface area contributed by atoms with Crippen molar-refractivity contribution in [3.63, 3.8) is 0 Å². The van der Waals surface area contributed by atoms with Crippen LogP contribution in [0.2, 0.25) is 0 Å². The molecule has 0 N–H and O–H groups in total. The predicted octanol–water partition coefficient (Wildman–Crippen LogP) is 13.4. The number of hydrogen-bond acceptors (Lipinski definition) is 2. The van der Waals surface area contributed by atoms with E-state index in [1.807, 2.05) is 0 Å². The summed E-state index contributed by atoms with van der Waals surface area (Å²) in [5, 5.41) is 9.09. The van der Waals surface area contributed by atoms with E-state index in [-0.39, 0.29) is 0 Å². The van der Waals surface area contributed by atoms with Crippen LogP contribution in [0.25, 0.3) is 87.7 Å². The molecule has 0 spiro atoms. The van der Waals surface area contributed by atoms with E-state index < -0.39 is 0 Å². The Bertz CT molecular complexity index is 2480. The molecule has 0 aliphatic rings. The van der Waals surface area contributed by atoms with Crippen LogP contribution in [0.4, 0.5) is 0 Å². The fraction of sp³-hybridized carbons (Fsp3) is 0.174. The van der Waals surface area contributed by atoms with Crippen molar-refractivity contribution >= 4 is 65.4 Å². The predicted molar refractivity (Wildman–Crippen MR) is 204 cm³/mol. The maximum absolute atomic E-state index is 7.25. The van der Waals surface area contributed by atoms with Gasteiger partial charge in [-0.1, -0.05) is 125 Å². The molecule has 0 radical (unpaired) electrons. The Labute approximate surface area is 280 Å². The molecule has 2 aromatic heterocycles. The molecule has 0 fully saturated rings. The highest BCUT2D eigenvalue weighted by Crippen LogP contribution is 2.52. The molecule has 0 aliphatic heterocycles. The minimum Gasteiger partial charge on any atom is -0.455 e. The van der Waals surface area contributed by atoms with Crippen molar-refractivity contribution < 1.29 is 8.83 Å². The first-order chi connectivity index (χ1) is 23.6. The molecular weight excluding hydrogens is 585 g/mol. The molecule has 9 aromatic rings. The van der Waals surface area contributed by atoms with Gasteiger partial charge in [0.2, 0.25) is 0 Å². The molecule has 0 bridgehead atoms. The van der Waals surface area contributed by atoms with E-state index in [1.165, 1.54) is 44.2 Å². The molecule has 7 aromatic carbocycles. The Morgan fingerprint density at radius 1 is 0.375 bits per heavy atom. The lowest BCUT2D eigenvalue weighted by Gasteiger charge is -2.14. The highest BCUT2D eigenvalue weighted by molar-refractivity contribution is 6.32. The lowest BCUT2D eigenvalue weighted by molar-refractivity contribution is 0.669. The van der Waals surface area contributed by atoms with Crippen molar-refractivity contribution in [1.29, 1.82) is 0 Å². The third-order valence-electron chi connectivity index (χ3n) is 10.4. The van der Waals surface area contributed by atoms with Gasteiger partial charge >= 0.3 is 0 Å². The molecule has 48 heavy (non-hydrogen) atoms. The maximum Gasteiger partial charge on any atom is 0.144 e. The Kier molecular flexibility index (Phi) is 6.69. The van der Waals surface area contributed by atoms with Crippen molar-refractivity contribution in [2.45, 2.75) is 53.4 Å². The number of aryl methyl sites for hydroxylation is 4. The molecule has 0 aliphatic carbocycles. The van der Waals surface area contributed by atoms with Crippen LogP contribution >= 0.6 is 0 Å². The summed E-state index contributed by atoms with van der Waals surface area (Å²) in [6.07, 6.45) is 3.87. The van der Waals surface area contributed by atoms with E-state index in [0.717, 1.165) is 91.5 Å². The molecular formula is C46H38O2. The summed E-state index contributed by atoms with van der Waals surface area (Å²) in [5.41, 5.74) is 13.6. The number of rotatable bonds is 6. The van der Waals surface area contributed by atoms with Gasteiger partial charge in [0.15, 0.2) is 0 Å². The quantitative estimate of drug-likeness (QED) is 0.184. The standard InChI is InChI=1S/C46H38O2/c1-5-27-21-28(6-2)24-33(23-27)39-41-37-19-17-31-13-9-11-15-35(31)43(37)48-46(41)40(34-25-29(7-3)22-30(8-4)26-34)42-38-20-18-32-14-10-12-16-36(32)44(38)47-45(39)42/h9-26H,5-8H2,1-4H3. The molecule has 9 rings (SSSR count). The van der Waals surface area contributed by atoms with Crippen LogP contribution in [0, 0.1) is 0 Å². The van der Waals surface area contributed by atoms with E-state index >= 15 is 0 Å². The third kappa shape index (κ3) is 4.25. The summed E-state index contributed by atoms with van der Waals surface area (Å²) in [6.45, 7) is 8.97. The number of fused-ring (bicyclic) bond motifs is 10. The summed E-state index contributed by atoms with van der Waals surface area (Å²) in [4.78, 5) is 0. The Balaban J connectivity index is 1.59. The summed E-state index contributed by atoms with van der Waals surface area (Å²) in [6, 6.07) is 40.3. The molecule has 2 heterocycles. The Morgan fingerprint density at radius 2 is 0.750 bits per heavy atom. The first-order valence-electron chi connectivity index (χ1n) is 17.5. The first kappa shape index (κ1) is 28.8. The minimum absolute atomic E-state index is 0.926. The van der Waals surface area contributed by atoms with Gasteiger partial charge in [-0.15, -0.1) is 0 Å². The van der Waals surface area contributed by atoms with Gasteiger partial charge in [-0.05, 0) is 82.0 Å². The van der Waals surface area contributed by atoms with Crippen molar-refractivity contribution in [1.82, 2.24) is 0 Å². The molecule has 2 heteroatoms. The summed E-state index contributed by atoms with van der Waals surface area (Å²) in [7, 11) is 0. The van der Waals surface area contributed by atoms with Gasteiger partial charge in [0, 0.05) is 43.4 Å². The second-order valence-electron chi connectivity index (χ2n) is 13.2. The molecule has 0 unspecified atom stereocenters. The maximum atomic E-state index is 7.25. The molecule has 0 atom stereocenters. The van der Waals surface area contributed by atoms with Crippen molar-refractivity contribution in [3.05, 3.63) is 131 Å². The number of hydrogen-bond donors (Lipinski definition) is 0. The van der Waals surface area contributed by atoms with Crippen LogP contribution in [0.1, 0.15) is 49.9 Å². The average Bonchev–Trinajstić information content (AvgIpc) is 3.72. The highest BCUT2D eigenvalue weighted by Gasteiger charge is 2.28. The minimum atomic E-state index is 0.926. The van der Waals surface area contributed by atoms with Crippen molar-refractivity contribution in [2.75, 3.05) is 0 Å². The molecule has 0 saturated carbocycles.